The summed E-state index contributed by atoms with van der Waals surface area (Å²) in [4.78, 5) is 14.2. The van der Waals surface area contributed by atoms with Crippen molar-refractivity contribution in [3.8, 4) is 0 Å². The lowest BCUT2D eigenvalue weighted by Gasteiger charge is -2.27. The van der Waals surface area contributed by atoms with Gasteiger partial charge in [-0.2, -0.15) is 20.0 Å². The second-order valence-electron chi connectivity index (χ2n) is 13.0. The molecule has 7 heteroatoms. The molecule has 1 aromatic heterocycles. The first kappa shape index (κ1) is 34.9. The maximum Gasteiger partial charge on any atom is 0.259 e. The molecule has 2 rings (SSSR count). The van der Waals surface area contributed by atoms with Crippen LogP contribution in [0.25, 0.3) is 0 Å². The fourth-order valence-electron chi connectivity index (χ4n) is 4.36. The van der Waals surface area contributed by atoms with Crippen molar-refractivity contribution in [2.45, 2.75) is 154 Å². The number of benzene rings is 1. The van der Waals surface area contributed by atoms with Crippen LogP contribution in [-0.4, -0.2) is 31.7 Å². The zero-order chi connectivity index (χ0) is 29.6. The molecule has 0 radical (unpaired) electrons. The first-order chi connectivity index (χ1) is 19.0. The van der Waals surface area contributed by atoms with E-state index in [0.29, 0.717) is 21.9 Å². The zero-order valence-electron chi connectivity index (χ0n) is 26.7. The van der Waals surface area contributed by atoms with Crippen LogP contribution in [0.15, 0.2) is 28.5 Å². The summed E-state index contributed by atoms with van der Waals surface area (Å²) in [7, 11) is 0. The van der Waals surface area contributed by atoms with E-state index in [0.717, 1.165) is 29.4 Å². The molecule has 40 heavy (non-hydrogen) atoms. The van der Waals surface area contributed by atoms with Crippen molar-refractivity contribution in [3.63, 3.8) is 0 Å². The molecule has 1 aromatic carbocycles. The highest BCUT2D eigenvalue weighted by Gasteiger charge is 2.23. The molecule has 0 saturated carbocycles. The number of anilines is 2. The highest BCUT2D eigenvalue weighted by molar-refractivity contribution is 7.99. The lowest BCUT2D eigenvalue weighted by Crippen LogP contribution is -2.20. The average Bonchev–Trinajstić information content (AvgIpc) is 2.90. The van der Waals surface area contributed by atoms with E-state index < -0.39 is 0 Å². The number of hydrogen-bond acceptors (Lipinski definition) is 7. The van der Waals surface area contributed by atoms with Gasteiger partial charge in [0.25, 0.3) is 5.95 Å². The number of nitrogens with zero attached hydrogens (tertiary/aromatic N) is 4. The Bertz CT molecular complexity index is 932. The van der Waals surface area contributed by atoms with Gasteiger partial charge >= 0.3 is 0 Å². The molecular weight excluding hydrogens is 533 g/mol. The molecule has 0 atom stereocenters. The van der Waals surface area contributed by atoms with Crippen molar-refractivity contribution in [3.05, 3.63) is 29.3 Å². The Labute approximate surface area is 254 Å². The summed E-state index contributed by atoms with van der Waals surface area (Å²) in [5.74, 6) is 2.27. The third-order valence-corrected chi connectivity index (χ3v) is 8.99. The minimum absolute atomic E-state index is 0.0494. The number of aromatic nitrogens is 3. The molecular formula is C33H56N4OS2. The molecule has 2 aromatic rings. The minimum Gasteiger partial charge on any atom is -0.281 e. The monoisotopic (exact) mass is 588 g/mol. The summed E-state index contributed by atoms with van der Waals surface area (Å²) < 4.78 is 0. The molecule has 5 nitrogen and oxygen atoms in total. The van der Waals surface area contributed by atoms with Crippen LogP contribution in [0.5, 0.6) is 0 Å². The fraction of sp³-hybridized carbons (Fsp3) is 0.727. The SMILES string of the molecule is CCCCCCCCSc1nc(SCCCCCCCC)nc(N(O)c2cc(C(C)(C)C)cc(C(C)(C)C)c2)n1. The van der Waals surface area contributed by atoms with Gasteiger partial charge in [-0.3, -0.25) is 5.21 Å². The van der Waals surface area contributed by atoms with Crippen molar-refractivity contribution in [2.75, 3.05) is 16.6 Å². The molecule has 0 aliphatic rings. The molecule has 0 unspecified atom stereocenters. The van der Waals surface area contributed by atoms with Gasteiger partial charge in [0.05, 0.1) is 5.69 Å². The van der Waals surface area contributed by atoms with Crippen molar-refractivity contribution < 1.29 is 5.21 Å². The predicted molar refractivity (Wildman–Crippen MR) is 176 cm³/mol. The van der Waals surface area contributed by atoms with Gasteiger partial charge in [-0.15, -0.1) is 0 Å². The highest BCUT2D eigenvalue weighted by atomic mass is 32.2. The Morgan fingerprint density at radius 3 is 1.40 bits per heavy atom. The van der Waals surface area contributed by atoms with Crippen LogP contribution in [0.1, 0.15) is 144 Å². The third kappa shape index (κ3) is 12.7. The van der Waals surface area contributed by atoms with Crippen LogP contribution in [0, 0.1) is 0 Å². The molecule has 226 valence electrons. The first-order valence-corrected chi connectivity index (χ1v) is 17.6. The normalized spacial score (nSPS) is 12.2. The molecule has 0 aliphatic heterocycles. The van der Waals surface area contributed by atoms with Crippen LogP contribution in [0.2, 0.25) is 0 Å². The van der Waals surface area contributed by atoms with Gasteiger partial charge in [0.15, 0.2) is 10.3 Å². The van der Waals surface area contributed by atoms with Crippen molar-refractivity contribution >= 4 is 35.2 Å². The molecule has 0 amide bonds. The first-order valence-electron chi connectivity index (χ1n) is 15.6. The van der Waals surface area contributed by atoms with E-state index in [1.165, 1.54) is 75.3 Å². The average molecular weight is 589 g/mol. The molecule has 1 heterocycles. The second-order valence-corrected chi connectivity index (χ2v) is 15.1. The molecule has 0 fully saturated rings. The predicted octanol–water partition coefficient (Wildman–Crippen LogP) is 10.9. The summed E-state index contributed by atoms with van der Waals surface area (Å²) >= 11 is 3.36. The van der Waals surface area contributed by atoms with Crippen LogP contribution in [-0.2, 0) is 10.8 Å². The smallest absolute Gasteiger partial charge is 0.259 e. The van der Waals surface area contributed by atoms with Crippen molar-refractivity contribution in [1.29, 1.82) is 0 Å². The maximum absolute atomic E-state index is 11.5. The third-order valence-electron chi connectivity index (χ3n) is 7.12. The Balaban J connectivity index is 2.24. The Morgan fingerprint density at radius 1 is 0.600 bits per heavy atom. The quantitative estimate of drug-likeness (QED) is 0.106. The number of hydrogen-bond donors (Lipinski definition) is 1. The van der Waals surface area contributed by atoms with Crippen LogP contribution in [0.4, 0.5) is 11.6 Å². The zero-order valence-corrected chi connectivity index (χ0v) is 28.3. The molecule has 0 saturated heterocycles. The van der Waals surface area contributed by atoms with E-state index in [-0.39, 0.29) is 10.8 Å². The van der Waals surface area contributed by atoms with Crippen LogP contribution >= 0.6 is 23.5 Å². The molecule has 0 spiro atoms. The van der Waals surface area contributed by atoms with Gasteiger partial charge in [-0.25, -0.2) is 0 Å². The Morgan fingerprint density at radius 2 is 1.00 bits per heavy atom. The van der Waals surface area contributed by atoms with Gasteiger partial charge in [0, 0.05) is 11.5 Å². The summed E-state index contributed by atoms with van der Waals surface area (Å²) in [5.41, 5.74) is 2.96. The minimum atomic E-state index is -0.0494. The second kappa shape index (κ2) is 17.6. The maximum atomic E-state index is 11.5. The topological polar surface area (TPSA) is 62.1 Å². The molecule has 0 aliphatic carbocycles. The van der Waals surface area contributed by atoms with E-state index in [2.05, 4.69) is 73.6 Å². The van der Waals surface area contributed by atoms with Gasteiger partial charge in [0.1, 0.15) is 0 Å². The lowest BCUT2D eigenvalue weighted by molar-refractivity contribution is 0.291. The number of thioether (sulfide) groups is 2. The van der Waals surface area contributed by atoms with Crippen molar-refractivity contribution in [1.82, 2.24) is 15.0 Å². The van der Waals surface area contributed by atoms with Crippen LogP contribution in [0.3, 0.4) is 0 Å². The fourth-order valence-corrected chi connectivity index (χ4v) is 6.07. The summed E-state index contributed by atoms with van der Waals surface area (Å²) in [6.45, 7) is 17.7. The summed E-state index contributed by atoms with van der Waals surface area (Å²) in [6, 6.07) is 6.38. The largest absolute Gasteiger partial charge is 0.281 e. The van der Waals surface area contributed by atoms with E-state index in [4.69, 9.17) is 15.0 Å². The van der Waals surface area contributed by atoms with E-state index in [1.54, 1.807) is 23.5 Å². The van der Waals surface area contributed by atoms with Crippen molar-refractivity contribution in [2.24, 2.45) is 0 Å². The van der Waals surface area contributed by atoms with E-state index in [1.807, 2.05) is 0 Å². The number of unbranched alkanes of at least 4 members (excludes halogenated alkanes) is 10. The highest BCUT2D eigenvalue weighted by Crippen LogP contribution is 2.35. The lowest BCUT2D eigenvalue weighted by atomic mass is 9.80. The van der Waals surface area contributed by atoms with Gasteiger partial charge < -0.3 is 0 Å². The van der Waals surface area contributed by atoms with Crippen LogP contribution < -0.4 is 5.06 Å². The van der Waals surface area contributed by atoms with Gasteiger partial charge in [0.2, 0.25) is 0 Å². The Hall–Kier alpha value is -1.31. The van der Waals surface area contributed by atoms with E-state index in [9.17, 15) is 5.21 Å². The summed E-state index contributed by atoms with van der Waals surface area (Å²) in [5, 5.41) is 14.0. The molecule has 0 bridgehead atoms. The Kier molecular flexibility index (Phi) is 15.4. The number of rotatable bonds is 18. The van der Waals surface area contributed by atoms with Gasteiger partial charge in [-0.05, 0) is 46.9 Å². The summed E-state index contributed by atoms with van der Waals surface area (Å²) in [6.07, 6.45) is 15.2. The standard InChI is InChI=1S/C33H56N4OS2/c1-9-11-13-15-17-19-21-39-30-34-29(35-31(36-30)40-22-20-18-16-14-12-10-2)37(38)28-24-26(32(3,4)5)23-27(25-28)33(6,7)8/h23-25,38H,9-22H2,1-8H3. The van der Waals surface area contributed by atoms with E-state index >= 15 is 0 Å². The van der Waals surface area contributed by atoms with Gasteiger partial charge in [-0.1, -0.05) is 149 Å². The molecule has 1 N–H and O–H groups in total.